The predicted octanol–water partition coefficient (Wildman–Crippen LogP) is 0.788. The highest BCUT2D eigenvalue weighted by atomic mass is 35.5. The monoisotopic (exact) mass is 255 g/mol. The summed E-state index contributed by atoms with van der Waals surface area (Å²) in [5.41, 5.74) is 6.12. The number of likely N-dealkylation sites (N-methyl/N-ethyl adjacent to an activating group) is 1. The lowest BCUT2D eigenvalue weighted by atomic mass is 10.1. The second-order valence-corrected chi connectivity index (χ2v) is 3.75. The summed E-state index contributed by atoms with van der Waals surface area (Å²) in [6, 6.07) is 4.80. The van der Waals surface area contributed by atoms with Gasteiger partial charge >= 0.3 is 0 Å². The summed E-state index contributed by atoms with van der Waals surface area (Å²) in [6.07, 6.45) is 0. The van der Waals surface area contributed by atoms with E-state index in [0.717, 1.165) is 0 Å². The van der Waals surface area contributed by atoms with Gasteiger partial charge in [-0.25, -0.2) is 0 Å². The second-order valence-electron chi connectivity index (χ2n) is 3.34. The van der Waals surface area contributed by atoms with Gasteiger partial charge in [0.15, 0.2) is 0 Å². The Labute approximate surface area is 104 Å². The fourth-order valence-electron chi connectivity index (χ4n) is 1.29. The molecule has 0 aliphatic heterocycles. The summed E-state index contributed by atoms with van der Waals surface area (Å²) in [6.45, 7) is 2.21. The molecule has 2 amide bonds. The van der Waals surface area contributed by atoms with Crippen molar-refractivity contribution in [2.45, 2.75) is 6.92 Å². The number of halogens is 1. The largest absolute Gasteiger partial charge is 0.398 e. The molecule has 0 aromatic heterocycles. The lowest BCUT2D eigenvalue weighted by Gasteiger charge is -2.08. The van der Waals surface area contributed by atoms with Crippen LogP contribution in [0.5, 0.6) is 0 Å². The van der Waals surface area contributed by atoms with Crippen LogP contribution in [0.1, 0.15) is 17.3 Å². The number of nitrogen functional groups attached to an aromatic ring is 1. The number of benzene rings is 1. The Bertz CT molecular complexity index is 414. The smallest absolute Gasteiger partial charge is 0.255 e. The van der Waals surface area contributed by atoms with Gasteiger partial charge in [-0.1, -0.05) is 17.7 Å². The van der Waals surface area contributed by atoms with Gasteiger partial charge < -0.3 is 16.4 Å². The molecule has 17 heavy (non-hydrogen) atoms. The first kappa shape index (κ1) is 13.3. The standard InChI is InChI=1S/C11H14ClN3O2/c1-2-14-9(16)6-15-11(17)10-7(12)4-3-5-8(10)13/h3-5H,2,6,13H2,1H3,(H,14,16)(H,15,17). The highest BCUT2D eigenvalue weighted by molar-refractivity contribution is 6.34. The second kappa shape index (κ2) is 6.10. The average Bonchev–Trinajstić information content (AvgIpc) is 2.26. The first-order valence-electron chi connectivity index (χ1n) is 5.15. The van der Waals surface area contributed by atoms with E-state index in [4.69, 9.17) is 17.3 Å². The van der Waals surface area contributed by atoms with Crippen LogP contribution in [-0.2, 0) is 4.79 Å². The molecule has 6 heteroatoms. The molecule has 4 N–H and O–H groups in total. The maximum absolute atomic E-state index is 11.7. The van der Waals surface area contributed by atoms with E-state index in [0.29, 0.717) is 6.54 Å². The summed E-state index contributed by atoms with van der Waals surface area (Å²) >= 11 is 5.86. The average molecular weight is 256 g/mol. The van der Waals surface area contributed by atoms with Crippen LogP contribution in [0.15, 0.2) is 18.2 Å². The lowest BCUT2D eigenvalue weighted by Crippen LogP contribution is -2.37. The summed E-state index contributed by atoms with van der Waals surface area (Å²) in [5, 5.41) is 5.28. The third-order valence-electron chi connectivity index (χ3n) is 2.06. The molecule has 5 nitrogen and oxygen atoms in total. The van der Waals surface area contributed by atoms with Crippen LogP contribution in [-0.4, -0.2) is 24.9 Å². The first-order chi connectivity index (χ1) is 8.06. The third kappa shape index (κ3) is 3.64. The maximum Gasteiger partial charge on any atom is 0.255 e. The quantitative estimate of drug-likeness (QED) is 0.696. The number of anilines is 1. The van der Waals surface area contributed by atoms with Crippen molar-refractivity contribution in [1.82, 2.24) is 10.6 Å². The molecule has 0 spiro atoms. The summed E-state index contributed by atoms with van der Waals surface area (Å²) in [4.78, 5) is 22.9. The minimum Gasteiger partial charge on any atom is -0.398 e. The van der Waals surface area contributed by atoms with Crippen LogP contribution in [0.4, 0.5) is 5.69 Å². The van der Waals surface area contributed by atoms with E-state index in [1.54, 1.807) is 25.1 Å². The molecular weight excluding hydrogens is 242 g/mol. The molecule has 0 aliphatic carbocycles. The number of carbonyl (C=O) groups excluding carboxylic acids is 2. The molecule has 0 saturated heterocycles. The molecule has 0 unspecified atom stereocenters. The fourth-order valence-corrected chi connectivity index (χ4v) is 1.56. The van der Waals surface area contributed by atoms with Gasteiger partial charge in [0.05, 0.1) is 17.1 Å². The lowest BCUT2D eigenvalue weighted by molar-refractivity contribution is -0.120. The van der Waals surface area contributed by atoms with Crippen LogP contribution >= 0.6 is 11.6 Å². The molecule has 0 saturated carbocycles. The van der Waals surface area contributed by atoms with E-state index in [9.17, 15) is 9.59 Å². The third-order valence-corrected chi connectivity index (χ3v) is 2.37. The van der Waals surface area contributed by atoms with Crippen LogP contribution in [0.3, 0.4) is 0 Å². The van der Waals surface area contributed by atoms with Crippen LogP contribution in [0, 0.1) is 0 Å². The number of amides is 2. The highest BCUT2D eigenvalue weighted by Crippen LogP contribution is 2.21. The predicted molar refractivity (Wildman–Crippen MR) is 66.9 cm³/mol. The van der Waals surface area contributed by atoms with Gasteiger partial charge in [-0.3, -0.25) is 9.59 Å². The van der Waals surface area contributed by atoms with Gasteiger partial charge in [0, 0.05) is 12.2 Å². The van der Waals surface area contributed by atoms with E-state index in [2.05, 4.69) is 10.6 Å². The Hall–Kier alpha value is -1.75. The number of carbonyl (C=O) groups is 2. The molecule has 0 radical (unpaired) electrons. The van der Waals surface area contributed by atoms with Gasteiger partial charge in [0.2, 0.25) is 5.91 Å². The van der Waals surface area contributed by atoms with Crippen molar-refractivity contribution in [2.24, 2.45) is 0 Å². The van der Waals surface area contributed by atoms with Gasteiger partial charge in [-0.05, 0) is 19.1 Å². The van der Waals surface area contributed by atoms with Crippen molar-refractivity contribution in [3.8, 4) is 0 Å². The summed E-state index contributed by atoms with van der Waals surface area (Å²) < 4.78 is 0. The zero-order valence-electron chi connectivity index (χ0n) is 9.42. The highest BCUT2D eigenvalue weighted by Gasteiger charge is 2.14. The maximum atomic E-state index is 11.7. The molecular formula is C11H14ClN3O2. The van der Waals surface area contributed by atoms with E-state index in [-0.39, 0.29) is 28.7 Å². The van der Waals surface area contributed by atoms with Crippen molar-refractivity contribution in [3.05, 3.63) is 28.8 Å². The van der Waals surface area contributed by atoms with Crippen molar-refractivity contribution in [3.63, 3.8) is 0 Å². The zero-order valence-corrected chi connectivity index (χ0v) is 10.2. The Morgan fingerprint density at radius 1 is 1.35 bits per heavy atom. The van der Waals surface area contributed by atoms with E-state index in [1.165, 1.54) is 0 Å². The molecule has 1 aromatic carbocycles. The number of hydrogen-bond donors (Lipinski definition) is 3. The Balaban J connectivity index is 2.68. The minimum atomic E-state index is -0.459. The van der Waals surface area contributed by atoms with Gasteiger partial charge in [0.25, 0.3) is 5.91 Å². The van der Waals surface area contributed by atoms with Gasteiger partial charge in [-0.15, -0.1) is 0 Å². The van der Waals surface area contributed by atoms with Crippen molar-refractivity contribution >= 4 is 29.1 Å². The molecule has 0 aliphatic rings. The number of rotatable bonds is 4. The van der Waals surface area contributed by atoms with Crippen molar-refractivity contribution in [2.75, 3.05) is 18.8 Å². The number of nitrogens with two attached hydrogens (primary N) is 1. The molecule has 1 rings (SSSR count). The van der Waals surface area contributed by atoms with E-state index >= 15 is 0 Å². The van der Waals surface area contributed by atoms with E-state index < -0.39 is 5.91 Å². The number of nitrogens with one attached hydrogen (secondary N) is 2. The van der Waals surface area contributed by atoms with Crippen LogP contribution in [0.2, 0.25) is 5.02 Å². The molecule has 0 fully saturated rings. The van der Waals surface area contributed by atoms with Gasteiger partial charge in [-0.2, -0.15) is 0 Å². The number of hydrogen-bond acceptors (Lipinski definition) is 3. The molecule has 0 heterocycles. The molecule has 92 valence electrons. The van der Waals surface area contributed by atoms with Gasteiger partial charge in [0.1, 0.15) is 0 Å². The van der Waals surface area contributed by atoms with Crippen LogP contribution < -0.4 is 16.4 Å². The topological polar surface area (TPSA) is 84.2 Å². The van der Waals surface area contributed by atoms with Crippen molar-refractivity contribution in [1.29, 1.82) is 0 Å². The summed E-state index contributed by atoms with van der Waals surface area (Å²) in [7, 11) is 0. The Kier molecular flexibility index (Phi) is 4.78. The SMILES string of the molecule is CCNC(=O)CNC(=O)c1c(N)cccc1Cl. The normalized spacial score (nSPS) is 9.76. The summed E-state index contributed by atoms with van der Waals surface area (Å²) in [5.74, 6) is -0.717. The van der Waals surface area contributed by atoms with Crippen molar-refractivity contribution < 1.29 is 9.59 Å². The molecule has 0 bridgehead atoms. The Morgan fingerprint density at radius 3 is 2.65 bits per heavy atom. The first-order valence-corrected chi connectivity index (χ1v) is 5.53. The Morgan fingerprint density at radius 2 is 2.06 bits per heavy atom. The molecule has 0 atom stereocenters. The molecule has 1 aromatic rings. The van der Waals surface area contributed by atoms with E-state index in [1.807, 2.05) is 0 Å². The van der Waals surface area contributed by atoms with Crippen LogP contribution in [0.25, 0.3) is 0 Å². The zero-order chi connectivity index (χ0) is 12.8. The fraction of sp³-hybridized carbons (Fsp3) is 0.273. The minimum absolute atomic E-state index is 0.0999.